The van der Waals surface area contributed by atoms with Crippen molar-refractivity contribution in [3.8, 4) is 11.5 Å². The van der Waals surface area contributed by atoms with Crippen molar-refractivity contribution in [1.29, 1.82) is 0 Å². The highest BCUT2D eigenvalue weighted by Crippen LogP contribution is 2.28. The van der Waals surface area contributed by atoms with Crippen molar-refractivity contribution in [3.05, 3.63) is 88.7 Å². The van der Waals surface area contributed by atoms with E-state index in [2.05, 4.69) is 34.9 Å². The van der Waals surface area contributed by atoms with E-state index < -0.39 is 0 Å². The third-order valence-corrected chi connectivity index (χ3v) is 5.30. The molecule has 29 heavy (non-hydrogen) atoms. The Balaban J connectivity index is 1.65. The molecule has 0 atom stereocenters. The summed E-state index contributed by atoms with van der Waals surface area (Å²) in [7, 11) is 3.31. The van der Waals surface area contributed by atoms with Crippen LogP contribution in [0.15, 0.2) is 66.7 Å². The normalized spacial score (nSPS) is 11.0. The van der Waals surface area contributed by atoms with Crippen molar-refractivity contribution in [1.82, 2.24) is 9.55 Å². The van der Waals surface area contributed by atoms with E-state index in [1.165, 1.54) is 11.1 Å². The molecular weight excluding hydrogens is 384 g/mol. The van der Waals surface area contributed by atoms with Crippen molar-refractivity contribution in [2.75, 3.05) is 14.2 Å². The zero-order valence-corrected chi connectivity index (χ0v) is 17.3. The van der Waals surface area contributed by atoms with Gasteiger partial charge in [0.05, 0.1) is 25.3 Å². The Morgan fingerprint density at radius 3 is 2.41 bits per heavy atom. The van der Waals surface area contributed by atoms with Crippen LogP contribution in [-0.2, 0) is 19.4 Å². The first kappa shape index (κ1) is 19.3. The first-order valence-electron chi connectivity index (χ1n) is 9.57. The number of halogens is 1. The molecule has 1 aromatic heterocycles. The fraction of sp³-hybridized carbons (Fsp3) is 0.208. The van der Waals surface area contributed by atoms with Crippen LogP contribution < -0.4 is 9.47 Å². The number of fused-ring (bicyclic) bond motifs is 1. The molecule has 0 amide bonds. The van der Waals surface area contributed by atoms with Gasteiger partial charge >= 0.3 is 0 Å². The van der Waals surface area contributed by atoms with Gasteiger partial charge in [-0.2, -0.15) is 0 Å². The summed E-state index contributed by atoms with van der Waals surface area (Å²) in [5, 5.41) is 0.702. The Kier molecular flexibility index (Phi) is 5.72. The smallest absolute Gasteiger partial charge is 0.160 e. The molecule has 0 fully saturated rings. The molecule has 0 unspecified atom stereocenters. The molecule has 4 aromatic rings. The van der Waals surface area contributed by atoms with Crippen LogP contribution in [-0.4, -0.2) is 23.8 Å². The second-order valence-corrected chi connectivity index (χ2v) is 7.35. The molecule has 1 heterocycles. The summed E-state index contributed by atoms with van der Waals surface area (Å²) >= 11 is 6.20. The van der Waals surface area contributed by atoms with Gasteiger partial charge < -0.3 is 14.0 Å². The molecular formula is C24H23ClN2O2. The monoisotopic (exact) mass is 406 g/mol. The molecule has 0 radical (unpaired) electrons. The van der Waals surface area contributed by atoms with Gasteiger partial charge in [0.15, 0.2) is 11.5 Å². The third-order valence-electron chi connectivity index (χ3n) is 5.07. The van der Waals surface area contributed by atoms with E-state index in [9.17, 15) is 0 Å². The Morgan fingerprint density at radius 2 is 1.66 bits per heavy atom. The van der Waals surface area contributed by atoms with E-state index in [1.54, 1.807) is 14.2 Å². The van der Waals surface area contributed by atoms with E-state index in [0.29, 0.717) is 5.02 Å². The molecule has 0 spiro atoms. The lowest BCUT2D eigenvalue weighted by Gasteiger charge is -2.12. The minimum atomic E-state index is 0.702. The first-order valence-corrected chi connectivity index (χ1v) is 9.95. The van der Waals surface area contributed by atoms with E-state index >= 15 is 0 Å². The standard InChI is InChI=1S/C24H23ClN2O2/c1-28-22-11-8-18(14-23(22)29-2)12-13-27-21-10-9-19(25)16-20(21)26-24(27)15-17-6-4-3-5-7-17/h3-11,14,16H,12-13,15H2,1-2H3. The highest BCUT2D eigenvalue weighted by molar-refractivity contribution is 6.31. The lowest BCUT2D eigenvalue weighted by Crippen LogP contribution is -2.07. The zero-order valence-electron chi connectivity index (χ0n) is 16.6. The predicted octanol–water partition coefficient (Wildman–Crippen LogP) is 5.54. The summed E-state index contributed by atoms with van der Waals surface area (Å²) in [5.74, 6) is 2.52. The van der Waals surface area contributed by atoms with Crippen molar-refractivity contribution < 1.29 is 9.47 Å². The van der Waals surface area contributed by atoms with E-state index in [-0.39, 0.29) is 0 Å². The van der Waals surface area contributed by atoms with Gasteiger partial charge in [0.2, 0.25) is 0 Å². The summed E-state index contributed by atoms with van der Waals surface area (Å²) in [6.07, 6.45) is 1.63. The minimum absolute atomic E-state index is 0.702. The Morgan fingerprint density at radius 1 is 0.862 bits per heavy atom. The molecule has 148 valence electrons. The van der Waals surface area contributed by atoms with E-state index in [4.69, 9.17) is 26.1 Å². The van der Waals surface area contributed by atoms with Crippen molar-refractivity contribution in [3.63, 3.8) is 0 Å². The van der Waals surface area contributed by atoms with Gasteiger partial charge in [-0.1, -0.05) is 48.0 Å². The second-order valence-electron chi connectivity index (χ2n) is 6.91. The Bertz CT molecular complexity index is 1120. The molecule has 0 saturated heterocycles. The maximum atomic E-state index is 6.20. The predicted molar refractivity (Wildman–Crippen MR) is 117 cm³/mol. The zero-order chi connectivity index (χ0) is 20.2. The molecule has 0 aliphatic rings. The fourth-order valence-corrected chi connectivity index (χ4v) is 3.76. The quantitative estimate of drug-likeness (QED) is 0.404. The van der Waals surface area contributed by atoms with Crippen LogP contribution in [0.3, 0.4) is 0 Å². The molecule has 0 saturated carbocycles. The van der Waals surface area contributed by atoms with Gasteiger partial charge in [-0.3, -0.25) is 0 Å². The van der Waals surface area contributed by atoms with Crippen LogP contribution in [0.5, 0.6) is 11.5 Å². The summed E-state index contributed by atoms with van der Waals surface area (Å²) in [4.78, 5) is 4.88. The Labute approximate surface area is 175 Å². The van der Waals surface area contributed by atoms with Crippen LogP contribution in [0, 0.1) is 0 Å². The number of aromatic nitrogens is 2. The lowest BCUT2D eigenvalue weighted by molar-refractivity contribution is 0.354. The number of nitrogens with zero attached hydrogens (tertiary/aromatic N) is 2. The largest absolute Gasteiger partial charge is 0.493 e. The molecule has 3 aromatic carbocycles. The van der Waals surface area contributed by atoms with Gasteiger partial charge in [-0.25, -0.2) is 4.98 Å². The summed E-state index contributed by atoms with van der Waals surface area (Å²) in [5.41, 5.74) is 4.45. The van der Waals surface area contributed by atoms with Crippen molar-refractivity contribution in [2.24, 2.45) is 0 Å². The van der Waals surface area contributed by atoms with Crippen LogP contribution in [0.1, 0.15) is 17.0 Å². The maximum Gasteiger partial charge on any atom is 0.160 e. The van der Waals surface area contributed by atoms with Crippen LogP contribution in [0.25, 0.3) is 11.0 Å². The third kappa shape index (κ3) is 4.22. The molecule has 5 heteroatoms. The number of aryl methyl sites for hydroxylation is 2. The second kappa shape index (κ2) is 8.58. The van der Waals surface area contributed by atoms with Gasteiger partial charge in [0.25, 0.3) is 0 Å². The molecule has 0 aliphatic carbocycles. The summed E-state index contributed by atoms with van der Waals surface area (Å²) in [6, 6.07) is 22.4. The number of ether oxygens (including phenoxy) is 2. The van der Waals surface area contributed by atoms with Crippen molar-refractivity contribution in [2.45, 2.75) is 19.4 Å². The van der Waals surface area contributed by atoms with Gasteiger partial charge in [0, 0.05) is 18.0 Å². The number of benzene rings is 3. The maximum absolute atomic E-state index is 6.20. The van der Waals surface area contributed by atoms with Gasteiger partial charge in [-0.15, -0.1) is 0 Å². The highest BCUT2D eigenvalue weighted by atomic mass is 35.5. The van der Waals surface area contributed by atoms with Crippen LogP contribution in [0.2, 0.25) is 5.02 Å². The number of methoxy groups -OCH3 is 2. The number of hydrogen-bond donors (Lipinski definition) is 0. The highest BCUT2D eigenvalue weighted by Gasteiger charge is 2.13. The van der Waals surface area contributed by atoms with Crippen LogP contribution >= 0.6 is 11.6 Å². The molecule has 4 rings (SSSR count). The topological polar surface area (TPSA) is 36.3 Å². The molecule has 0 aliphatic heterocycles. The molecule has 4 nitrogen and oxygen atoms in total. The fourth-order valence-electron chi connectivity index (χ4n) is 3.59. The number of imidazole rings is 1. The summed E-state index contributed by atoms with van der Waals surface area (Å²) < 4.78 is 13.1. The first-order chi connectivity index (χ1) is 14.2. The lowest BCUT2D eigenvalue weighted by atomic mass is 10.1. The van der Waals surface area contributed by atoms with Crippen molar-refractivity contribution >= 4 is 22.6 Å². The molecule has 0 bridgehead atoms. The van der Waals surface area contributed by atoms with E-state index in [0.717, 1.165) is 47.7 Å². The number of rotatable bonds is 7. The van der Waals surface area contributed by atoms with Crippen LogP contribution in [0.4, 0.5) is 0 Å². The average Bonchev–Trinajstić information content (AvgIpc) is 3.08. The van der Waals surface area contributed by atoms with Gasteiger partial charge in [0.1, 0.15) is 5.82 Å². The van der Waals surface area contributed by atoms with E-state index in [1.807, 2.05) is 36.4 Å². The average molecular weight is 407 g/mol. The summed E-state index contributed by atoms with van der Waals surface area (Å²) in [6.45, 7) is 0.815. The SMILES string of the molecule is COc1ccc(CCn2c(Cc3ccccc3)nc3cc(Cl)ccc32)cc1OC. The number of hydrogen-bond acceptors (Lipinski definition) is 3. The minimum Gasteiger partial charge on any atom is -0.493 e. The Hall–Kier alpha value is -2.98. The molecule has 0 N–H and O–H groups in total. The van der Waals surface area contributed by atoms with Gasteiger partial charge in [-0.05, 0) is 47.9 Å².